The summed E-state index contributed by atoms with van der Waals surface area (Å²) in [6.45, 7) is 0. The highest BCUT2D eigenvalue weighted by Crippen LogP contribution is 2.15. The molecule has 0 radical (unpaired) electrons. The zero-order valence-corrected chi connectivity index (χ0v) is 12.6. The van der Waals surface area contributed by atoms with Gasteiger partial charge in [-0.05, 0) is 30.5 Å². The number of carbonyl (C=O) groups is 1. The van der Waals surface area contributed by atoms with Crippen molar-refractivity contribution in [1.29, 1.82) is 0 Å². The zero-order chi connectivity index (χ0) is 13.8. The smallest absolute Gasteiger partial charge is 0.241 e. The summed E-state index contributed by atoms with van der Waals surface area (Å²) >= 11 is 4.41. The maximum atomic E-state index is 11.9. The number of nitrogens with one attached hydrogen (secondary N) is 1. The van der Waals surface area contributed by atoms with Gasteiger partial charge in [0, 0.05) is 10.2 Å². The van der Waals surface area contributed by atoms with Crippen molar-refractivity contribution in [3.05, 3.63) is 28.7 Å². The van der Waals surface area contributed by atoms with Crippen molar-refractivity contribution in [3.63, 3.8) is 0 Å². The lowest BCUT2D eigenvalue weighted by atomic mass is 10.4. The fourth-order valence-corrected chi connectivity index (χ4v) is 3.29. The molecule has 1 N–H and O–H groups in total. The molecule has 0 aliphatic carbocycles. The largest absolute Gasteiger partial charge is 0.548 e. The molecular formula is C10H11BrNO4S2-. The van der Waals surface area contributed by atoms with Crippen LogP contribution in [0.3, 0.4) is 0 Å². The van der Waals surface area contributed by atoms with Gasteiger partial charge in [-0.1, -0.05) is 15.9 Å². The Morgan fingerprint density at radius 2 is 2.00 bits per heavy atom. The van der Waals surface area contributed by atoms with E-state index in [-0.39, 0.29) is 10.6 Å². The van der Waals surface area contributed by atoms with Crippen molar-refractivity contribution < 1.29 is 18.3 Å². The summed E-state index contributed by atoms with van der Waals surface area (Å²) in [5, 5.41) is 10.8. The topological polar surface area (TPSA) is 86.3 Å². The first-order valence-corrected chi connectivity index (χ1v) is 8.51. The average molecular weight is 353 g/mol. The van der Waals surface area contributed by atoms with E-state index in [1.165, 1.54) is 23.9 Å². The zero-order valence-electron chi connectivity index (χ0n) is 9.42. The summed E-state index contributed by atoms with van der Waals surface area (Å²) in [6, 6.07) is 4.66. The van der Waals surface area contributed by atoms with Gasteiger partial charge in [0.15, 0.2) is 0 Å². The van der Waals surface area contributed by atoms with Gasteiger partial charge in [-0.2, -0.15) is 11.8 Å². The Hall–Kier alpha value is -0.570. The number of rotatable bonds is 6. The molecule has 5 nitrogen and oxygen atoms in total. The van der Waals surface area contributed by atoms with Crippen molar-refractivity contribution in [2.75, 3.05) is 12.0 Å². The van der Waals surface area contributed by atoms with Gasteiger partial charge in [0.1, 0.15) is 0 Å². The van der Waals surface area contributed by atoms with E-state index < -0.39 is 22.0 Å². The molecule has 1 aromatic carbocycles. The van der Waals surface area contributed by atoms with Crippen LogP contribution in [0.5, 0.6) is 0 Å². The summed E-state index contributed by atoms with van der Waals surface area (Å²) in [7, 11) is -3.85. The molecule has 1 aromatic rings. The van der Waals surface area contributed by atoms with E-state index in [2.05, 4.69) is 20.7 Å². The molecule has 100 valence electrons. The number of benzene rings is 1. The number of sulfonamides is 1. The lowest BCUT2D eigenvalue weighted by Gasteiger charge is -2.18. The van der Waals surface area contributed by atoms with Crippen molar-refractivity contribution in [3.8, 4) is 0 Å². The first kappa shape index (κ1) is 15.5. The van der Waals surface area contributed by atoms with Crippen LogP contribution >= 0.6 is 27.7 Å². The first-order valence-electron chi connectivity index (χ1n) is 4.84. The molecule has 0 heterocycles. The monoisotopic (exact) mass is 352 g/mol. The predicted octanol–water partition coefficient (Wildman–Crippen LogP) is 0.209. The van der Waals surface area contributed by atoms with Gasteiger partial charge < -0.3 is 9.90 Å². The maximum Gasteiger partial charge on any atom is 0.241 e. The number of carboxylic acids is 1. The molecule has 0 saturated carbocycles. The maximum absolute atomic E-state index is 11.9. The van der Waals surface area contributed by atoms with Crippen LogP contribution in [0, 0.1) is 0 Å². The molecule has 0 aliphatic heterocycles. The number of hydrogen-bond donors (Lipinski definition) is 1. The van der Waals surface area contributed by atoms with E-state index >= 15 is 0 Å². The normalized spacial score (nSPS) is 13.2. The van der Waals surface area contributed by atoms with Gasteiger partial charge in [-0.3, -0.25) is 0 Å². The predicted molar refractivity (Wildman–Crippen MR) is 71.6 cm³/mol. The number of carbonyl (C=O) groups excluding carboxylic acids is 1. The van der Waals surface area contributed by atoms with Gasteiger partial charge in [0.05, 0.1) is 16.9 Å². The number of carboxylic acid groups (broad SMARTS) is 1. The second kappa shape index (κ2) is 6.55. The molecule has 0 aliphatic rings. The van der Waals surface area contributed by atoms with Gasteiger partial charge >= 0.3 is 0 Å². The van der Waals surface area contributed by atoms with Gasteiger partial charge in [-0.25, -0.2) is 13.1 Å². The highest BCUT2D eigenvalue weighted by Gasteiger charge is 2.20. The molecule has 0 amide bonds. The van der Waals surface area contributed by atoms with Crippen LogP contribution in [0.25, 0.3) is 0 Å². The van der Waals surface area contributed by atoms with Gasteiger partial charge in [0.2, 0.25) is 10.0 Å². The fraction of sp³-hybridized carbons (Fsp3) is 0.300. The highest BCUT2D eigenvalue weighted by atomic mass is 79.9. The molecule has 0 unspecified atom stereocenters. The molecule has 1 rings (SSSR count). The molecule has 0 saturated heterocycles. The van der Waals surface area contributed by atoms with Crippen LogP contribution in [0.2, 0.25) is 0 Å². The minimum atomic E-state index is -3.85. The summed E-state index contributed by atoms with van der Waals surface area (Å²) < 4.78 is 26.7. The average Bonchev–Trinajstić information content (AvgIpc) is 2.28. The van der Waals surface area contributed by atoms with Crippen molar-refractivity contribution in [2.45, 2.75) is 10.9 Å². The third kappa shape index (κ3) is 4.27. The molecule has 0 aromatic heterocycles. The third-order valence-corrected chi connectivity index (χ3v) is 4.72. The number of hydrogen-bond acceptors (Lipinski definition) is 5. The Bertz CT molecular complexity index is 515. The minimum absolute atomic E-state index is 0.0121. The summed E-state index contributed by atoms with van der Waals surface area (Å²) in [4.78, 5) is 10.8. The lowest BCUT2D eigenvalue weighted by Crippen LogP contribution is -2.49. The van der Waals surface area contributed by atoms with E-state index in [0.717, 1.165) is 4.47 Å². The molecule has 18 heavy (non-hydrogen) atoms. The summed E-state index contributed by atoms with van der Waals surface area (Å²) in [6.07, 6.45) is 1.68. The van der Waals surface area contributed by atoms with E-state index in [4.69, 9.17) is 0 Å². The SMILES string of the molecule is CSC[C@@H](NS(=O)(=O)c1ccc(Br)cc1)C(=O)[O-]. The van der Waals surface area contributed by atoms with Crippen LogP contribution in [-0.2, 0) is 14.8 Å². The van der Waals surface area contributed by atoms with E-state index in [1.807, 2.05) is 0 Å². The van der Waals surface area contributed by atoms with Crippen molar-refractivity contribution >= 4 is 43.7 Å². The van der Waals surface area contributed by atoms with Crippen LogP contribution in [0.15, 0.2) is 33.6 Å². The standard InChI is InChI=1S/C10H12BrNO4S2/c1-17-6-9(10(13)14)12-18(15,16)8-4-2-7(11)3-5-8/h2-5,9,12H,6H2,1H3,(H,13,14)/p-1/t9-/m1/s1. The van der Waals surface area contributed by atoms with Crippen LogP contribution < -0.4 is 9.83 Å². The highest BCUT2D eigenvalue weighted by molar-refractivity contribution is 9.10. The first-order chi connectivity index (χ1) is 8.36. The number of aliphatic carboxylic acids is 1. The second-order valence-electron chi connectivity index (χ2n) is 3.40. The quantitative estimate of drug-likeness (QED) is 0.790. The van der Waals surface area contributed by atoms with Crippen LogP contribution in [0.1, 0.15) is 0 Å². The van der Waals surface area contributed by atoms with Gasteiger partial charge in [0.25, 0.3) is 0 Å². The lowest BCUT2D eigenvalue weighted by molar-refractivity contribution is -0.307. The van der Waals surface area contributed by atoms with E-state index in [0.29, 0.717) is 0 Å². The van der Waals surface area contributed by atoms with Crippen LogP contribution in [-0.4, -0.2) is 32.4 Å². The Balaban J connectivity index is 2.93. The van der Waals surface area contributed by atoms with Gasteiger partial charge in [-0.15, -0.1) is 0 Å². The molecule has 8 heteroatoms. The summed E-state index contributed by atoms with van der Waals surface area (Å²) in [5.74, 6) is -1.33. The summed E-state index contributed by atoms with van der Waals surface area (Å²) in [5.41, 5.74) is 0. The molecular weight excluding hydrogens is 342 g/mol. The van der Waals surface area contributed by atoms with Crippen molar-refractivity contribution in [2.24, 2.45) is 0 Å². The minimum Gasteiger partial charge on any atom is -0.548 e. The Kier molecular flexibility index (Phi) is 5.64. The third-order valence-electron chi connectivity index (χ3n) is 2.04. The van der Waals surface area contributed by atoms with Crippen LogP contribution in [0.4, 0.5) is 0 Å². The Labute approximate surface area is 118 Å². The Morgan fingerprint density at radius 3 is 2.44 bits per heavy atom. The fourth-order valence-electron chi connectivity index (χ4n) is 1.19. The number of thioether (sulfide) groups is 1. The Morgan fingerprint density at radius 1 is 1.44 bits per heavy atom. The second-order valence-corrected chi connectivity index (χ2v) is 6.94. The van der Waals surface area contributed by atoms with E-state index in [1.54, 1.807) is 18.4 Å². The van der Waals surface area contributed by atoms with E-state index in [9.17, 15) is 18.3 Å². The van der Waals surface area contributed by atoms with Crippen molar-refractivity contribution in [1.82, 2.24) is 4.72 Å². The molecule has 0 bridgehead atoms. The number of halogens is 1. The molecule has 0 spiro atoms. The molecule has 1 atom stereocenters. The molecule has 0 fully saturated rings.